The monoisotopic (exact) mass is 284 g/mol. The number of carboxylic acids is 1. The van der Waals surface area contributed by atoms with Crippen LogP contribution in [0.25, 0.3) is 0 Å². The first-order valence-electron chi connectivity index (χ1n) is 6.10. The summed E-state index contributed by atoms with van der Waals surface area (Å²) < 4.78 is 5.66. The van der Waals surface area contributed by atoms with Crippen LogP contribution in [0.15, 0.2) is 9.82 Å². The summed E-state index contributed by atoms with van der Waals surface area (Å²) in [7, 11) is 0. The summed E-state index contributed by atoms with van der Waals surface area (Å²) in [6.07, 6.45) is 2.32. The van der Waals surface area contributed by atoms with Crippen LogP contribution >= 0.6 is 11.8 Å². The van der Waals surface area contributed by atoms with Gasteiger partial charge < -0.3 is 14.8 Å². The van der Waals surface area contributed by atoms with Gasteiger partial charge in [0.25, 0.3) is 0 Å². The zero-order valence-electron chi connectivity index (χ0n) is 10.8. The quantitative estimate of drug-likeness (QED) is 0.642. The third-order valence-corrected chi connectivity index (χ3v) is 4.13. The molecule has 1 aliphatic rings. The number of nitrogens with one attached hydrogen (secondary N) is 1. The highest BCUT2D eigenvalue weighted by molar-refractivity contribution is 7.99. The Labute approximate surface area is 114 Å². The van der Waals surface area contributed by atoms with Crippen LogP contribution in [0.4, 0.5) is 0 Å². The first-order chi connectivity index (χ1) is 8.97. The fraction of sp³-hybridized carbons (Fsp3) is 0.583. The number of hydrogen-bond donors (Lipinski definition) is 2. The number of aromatic nitrogens is 2. The minimum atomic E-state index is -1.08. The Morgan fingerprint density at radius 2 is 2.32 bits per heavy atom. The molecule has 2 N–H and O–H groups in total. The van der Waals surface area contributed by atoms with E-state index in [1.54, 1.807) is 6.92 Å². The number of nitrogens with zero attached hydrogens (tertiary/aromatic N) is 1. The molecule has 1 saturated heterocycles. The van der Waals surface area contributed by atoms with E-state index in [2.05, 4.69) is 9.97 Å². The number of thioether (sulfide) groups is 1. The summed E-state index contributed by atoms with van der Waals surface area (Å²) in [5.41, 5.74) is -0.128. The van der Waals surface area contributed by atoms with Gasteiger partial charge in [-0.1, -0.05) is 0 Å². The normalized spacial score (nSPS) is 22.6. The predicted octanol–water partition coefficient (Wildman–Crippen LogP) is 1.44. The van der Waals surface area contributed by atoms with E-state index in [1.807, 2.05) is 6.92 Å². The lowest BCUT2D eigenvalue weighted by molar-refractivity contribution is 0.0683. The second-order valence-electron chi connectivity index (χ2n) is 4.61. The van der Waals surface area contributed by atoms with E-state index >= 15 is 0 Å². The van der Waals surface area contributed by atoms with Crippen molar-refractivity contribution in [3.8, 4) is 0 Å². The van der Waals surface area contributed by atoms with Crippen molar-refractivity contribution >= 4 is 17.7 Å². The molecule has 2 unspecified atom stereocenters. The van der Waals surface area contributed by atoms with Crippen molar-refractivity contribution in [3.63, 3.8) is 0 Å². The summed E-state index contributed by atoms with van der Waals surface area (Å²) >= 11 is 1.27. The SMILES string of the molecule is Cc1[nH]c(=O)nc(SCC2CCC(C)O2)c1C(=O)O. The maximum absolute atomic E-state index is 11.3. The van der Waals surface area contributed by atoms with Crippen molar-refractivity contribution in [3.05, 3.63) is 21.7 Å². The van der Waals surface area contributed by atoms with Gasteiger partial charge in [-0.15, -0.1) is 11.8 Å². The fourth-order valence-electron chi connectivity index (χ4n) is 2.10. The largest absolute Gasteiger partial charge is 0.478 e. The zero-order valence-corrected chi connectivity index (χ0v) is 11.6. The Hall–Kier alpha value is -1.34. The Morgan fingerprint density at radius 1 is 1.58 bits per heavy atom. The highest BCUT2D eigenvalue weighted by atomic mass is 32.2. The van der Waals surface area contributed by atoms with Gasteiger partial charge in [-0.2, -0.15) is 4.98 Å². The number of hydrogen-bond acceptors (Lipinski definition) is 5. The van der Waals surface area contributed by atoms with Crippen LogP contribution in [0.2, 0.25) is 0 Å². The van der Waals surface area contributed by atoms with Gasteiger partial charge in [0.15, 0.2) is 0 Å². The molecule has 2 rings (SSSR count). The van der Waals surface area contributed by atoms with E-state index in [4.69, 9.17) is 9.84 Å². The minimum absolute atomic E-state index is 0.0654. The topological polar surface area (TPSA) is 92.3 Å². The van der Waals surface area contributed by atoms with Gasteiger partial charge >= 0.3 is 11.7 Å². The van der Waals surface area contributed by atoms with Crippen molar-refractivity contribution in [2.75, 3.05) is 5.75 Å². The molecule has 6 nitrogen and oxygen atoms in total. The molecular formula is C12H16N2O4S. The predicted molar refractivity (Wildman–Crippen MR) is 70.8 cm³/mol. The molecule has 1 aliphatic heterocycles. The molecule has 2 atom stereocenters. The molecular weight excluding hydrogens is 268 g/mol. The van der Waals surface area contributed by atoms with E-state index in [-0.39, 0.29) is 22.8 Å². The van der Waals surface area contributed by atoms with Crippen LogP contribution in [0.5, 0.6) is 0 Å². The number of H-pyrrole nitrogens is 1. The summed E-state index contributed by atoms with van der Waals surface area (Å²) in [5, 5.41) is 9.43. The first-order valence-corrected chi connectivity index (χ1v) is 7.08. The molecule has 0 radical (unpaired) electrons. The van der Waals surface area contributed by atoms with E-state index in [0.29, 0.717) is 11.4 Å². The second kappa shape index (κ2) is 5.75. The zero-order chi connectivity index (χ0) is 14.0. The van der Waals surface area contributed by atoms with Gasteiger partial charge in [-0.3, -0.25) is 0 Å². The van der Waals surface area contributed by atoms with Gasteiger partial charge in [-0.25, -0.2) is 9.59 Å². The molecule has 0 spiro atoms. The number of aryl methyl sites for hydroxylation is 1. The molecule has 104 valence electrons. The third kappa shape index (κ3) is 3.36. The smallest absolute Gasteiger partial charge is 0.346 e. The van der Waals surface area contributed by atoms with Gasteiger partial charge in [-0.05, 0) is 26.7 Å². The van der Waals surface area contributed by atoms with E-state index in [0.717, 1.165) is 12.8 Å². The number of ether oxygens (including phenoxy) is 1. The fourth-order valence-corrected chi connectivity index (χ4v) is 3.22. The summed E-state index contributed by atoms with van der Waals surface area (Å²) in [5.74, 6) is -0.468. The molecule has 0 aliphatic carbocycles. The van der Waals surface area contributed by atoms with Gasteiger partial charge in [0, 0.05) is 11.4 Å². The molecule has 1 aromatic rings. The first kappa shape index (κ1) is 14.1. The van der Waals surface area contributed by atoms with Crippen LogP contribution < -0.4 is 5.69 Å². The summed E-state index contributed by atoms with van der Waals surface area (Å²) in [4.78, 5) is 28.7. The lowest BCUT2D eigenvalue weighted by Crippen LogP contribution is -2.19. The van der Waals surface area contributed by atoms with Crippen LogP contribution in [0, 0.1) is 6.92 Å². The van der Waals surface area contributed by atoms with Crippen molar-refractivity contribution in [1.29, 1.82) is 0 Å². The molecule has 0 amide bonds. The number of aromatic carboxylic acids is 1. The van der Waals surface area contributed by atoms with Crippen LogP contribution in [-0.4, -0.2) is 39.0 Å². The molecule has 1 fully saturated rings. The van der Waals surface area contributed by atoms with Crippen LogP contribution in [0.3, 0.4) is 0 Å². The summed E-state index contributed by atoms with van der Waals surface area (Å²) in [6, 6.07) is 0. The Balaban J connectivity index is 2.15. The van der Waals surface area contributed by atoms with E-state index in [1.165, 1.54) is 11.8 Å². The second-order valence-corrected chi connectivity index (χ2v) is 5.62. The minimum Gasteiger partial charge on any atom is -0.478 e. The summed E-state index contributed by atoms with van der Waals surface area (Å²) in [6.45, 7) is 3.58. The van der Waals surface area contributed by atoms with Gasteiger partial charge in [0.2, 0.25) is 0 Å². The maximum atomic E-state index is 11.3. The van der Waals surface area contributed by atoms with Crippen molar-refractivity contribution in [1.82, 2.24) is 9.97 Å². The molecule has 1 aromatic heterocycles. The Morgan fingerprint density at radius 3 is 2.89 bits per heavy atom. The average molecular weight is 284 g/mol. The number of carbonyl (C=O) groups is 1. The number of aromatic amines is 1. The molecule has 7 heteroatoms. The number of carboxylic acid groups (broad SMARTS) is 1. The average Bonchev–Trinajstić information content (AvgIpc) is 2.71. The third-order valence-electron chi connectivity index (χ3n) is 3.03. The highest BCUT2D eigenvalue weighted by Crippen LogP contribution is 2.27. The molecule has 0 saturated carbocycles. The lowest BCUT2D eigenvalue weighted by Gasteiger charge is -2.11. The van der Waals surface area contributed by atoms with Gasteiger partial charge in [0.1, 0.15) is 10.6 Å². The molecule has 0 bridgehead atoms. The van der Waals surface area contributed by atoms with Crippen molar-refractivity contribution in [2.24, 2.45) is 0 Å². The lowest BCUT2D eigenvalue weighted by atomic mass is 10.2. The van der Waals surface area contributed by atoms with Crippen molar-refractivity contribution < 1.29 is 14.6 Å². The Kier molecular flexibility index (Phi) is 4.26. The number of rotatable bonds is 4. The standard InChI is InChI=1S/C12H16N2O4S/c1-6-3-4-8(18-6)5-19-10-9(11(15)16)7(2)13-12(17)14-10/h6,8H,3-5H2,1-2H3,(H,15,16)(H,13,14,17). The maximum Gasteiger partial charge on any atom is 0.346 e. The van der Waals surface area contributed by atoms with Crippen LogP contribution in [0.1, 0.15) is 35.8 Å². The van der Waals surface area contributed by atoms with Crippen molar-refractivity contribution in [2.45, 2.75) is 43.9 Å². The van der Waals surface area contributed by atoms with Gasteiger partial charge in [0.05, 0.1) is 12.2 Å². The Bertz CT molecular complexity index is 543. The molecule has 2 heterocycles. The molecule has 19 heavy (non-hydrogen) atoms. The van der Waals surface area contributed by atoms with E-state index in [9.17, 15) is 9.59 Å². The highest BCUT2D eigenvalue weighted by Gasteiger charge is 2.24. The molecule has 0 aromatic carbocycles. The van der Waals surface area contributed by atoms with Crippen LogP contribution in [-0.2, 0) is 4.74 Å². The van der Waals surface area contributed by atoms with E-state index < -0.39 is 11.7 Å².